The quantitative estimate of drug-likeness (QED) is 0.504. The monoisotopic (exact) mass is 346 g/mol. The van der Waals surface area contributed by atoms with Crippen LogP contribution in [0.3, 0.4) is 0 Å². The van der Waals surface area contributed by atoms with E-state index in [4.69, 9.17) is 17.3 Å². The Morgan fingerprint density at radius 2 is 2.19 bits per heavy atom. The molecular formula is C12H9ClF2N4S2. The normalized spacial score (nSPS) is 16.7. The third-order valence-corrected chi connectivity index (χ3v) is 4.99. The maximum Gasteiger partial charge on any atom is 0.191 e. The van der Waals surface area contributed by atoms with Crippen molar-refractivity contribution in [3.63, 3.8) is 0 Å². The van der Waals surface area contributed by atoms with Gasteiger partial charge in [-0.25, -0.2) is 18.7 Å². The summed E-state index contributed by atoms with van der Waals surface area (Å²) in [4.78, 5) is 9.10. The highest BCUT2D eigenvalue weighted by Crippen LogP contribution is 2.40. The van der Waals surface area contributed by atoms with Crippen LogP contribution < -0.4 is 11.1 Å². The predicted octanol–water partition coefficient (Wildman–Crippen LogP) is 3.46. The third kappa shape index (κ3) is 3.08. The van der Waals surface area contributed by atoms with Gasteiger partial charge in [0.15, 0.2) is 16.8 Å². The van der Waals surface area contributed by atoms with E-state index < -0.39 is 11.6 Å². The van der Waals surface area contributed by atoms with E-state index in [1.165, 1.54) is 35.7 Å². The number of thioether (sulfide) groups is 2. The molecule has 4 nitrogen and oxygen atoms in total. The molecule has 1 aromatic heterocycles. The van der Waals surface area contributed by atoms with E-state index in [2.05, 4.69) is 15.3 Å². The number of fused-ring (bicyclic) bond motifs is 1. The number of benzene rings is 1. The Morgan fingerprint density at radius 1 is 1.38 bits per heavy atom. The second kappa shape index (κ2) is 5.96. The topological polar surface area (TPSA) is 63.8 Å². The number of nitrogens with zero attached hydrogens (tertiary/aromatic N) is 2. The maximum absolute atomic E-state index is 13.6. The van der Waals surface area contributed by atoms with Crippen molar-refractivity contribution in [3.05, 3.63) is 40.6 Å². The molecule has 110 valence electrons. The van der Waals surface area contributed by atoms with Crippen molar-refractivity contribution >= 4 is 40.9 Å². The molecule has 1 aromatic carbocycles. The van der Waals surface area contributed by atoms with Gasteiger partial charge in [0, 0.05) is 11.3 Å². The molecule has 0 amide bonds. The SMILES string of the molecule is NC1Nc2nc(SCc3cccc(F)c3F)nc(Cl)c2S1. The summed E-state index contributed by atoms with van der Waals surface area (Å²) in [7, 11) is 0. The molecule has 2 aromatic rings. The van der Waals surface area contributed by atoms with E-state index in [0.29, 0.717) is 21.0 Å². The molecule has 0 radical (unpaired) electrons. The molecule has 0 saturated carbocycles. The molecule has 9 heteroatoms. The number of aromatic nitrogens is 2. The first-order valence-corrected chi connectivity index (χ1v) is 8.11. The van der Waals surface area contributed by atoms with Crippen LogP contribution in [0.1, 0.15) is 5.56 Å². The minimum atomic E-state index is -0.870. The lowest BCUT2D eigenvalue weighted by atomic mass is 10.2. The Balaban J connectivity index is 1.79. The highest BCUT2D eigenvalue weighted by Gasteiger charge is 2.24. The smallest absolute Gasteiger partial charge is 0.191 e. The van der Waals surface area contributed by atoms with Gasteiger partial charge in [0.2, 0.25) is 0 Å². The molecule has 2 heterocycles. The molecular weight excluding hydrogens is 338 g/mol. The molecule has 0 spiro atoms. The van der Waals surface area contributed by atoms with Crippen molar-refractivity contribution in [3.8, 4) is 0 Å². The Kier molecular flexibility index (Phi) is 4.21. The van der Waals surface area contributed by atoms with Crippen LogP contribution in [0.4, 0.5) is 14.6 Å². The standard InChI is InChI=1S/C12H9ClF2N4S2/c13-9-8-10(18-11(16)21-8)19-12(17-9)20-4-5-2-1-3-6(14)7(5)15/h1-3,11H,4,16H2,(H,17,18,19). The van der Waals surface area contributed by atoms with Crippen molar-refractivity contribution in [2.75, 3.05) is 5.32 Å². The number of nitrogens with one attached hydrogen (secondary N) is 1. The van der Waals surface area contributed by atoms with Crippen LogP contribution in [-0.4, -0.2) is 15.5 Å². The Hall–Kier alpha value is -1.09. The third-order valence-electron chi connectivity index (χ3n) is 2.72. The molecule has 1 atom stereocenters. The van der Waals surface area contributed by atoms with Crippen LogP contribution in [0.2, 0.25) is 5.15 Å². The van der Waals surface area contributed by atoms with Crippen molar-refractivity contribution in [2.45, 2.75) is 21.3 Å². The lowest BCUT2D eigenvalue weighted by molar-refractivity contribution is 0.502. The Labute approximate surface area is 132 Å². The fraction of sp³-hybridized carbons (Fsp3) is 0.167. The molecule has 1 unspecified atom stereocenters. The van der Waals surface area contributed by atoms with Gasteiger partial charge in [0.1, 0.15) is 16.5 Å². The van der Waals surface area contributed by atoms with Gasteiger partial charge < -0.3 is 11.1 Å². The molecule has 0 saturated heterocycles. The highest BCUT2D eigenvalue weighted by atomic mass is 35.5. The first kappa shape index (κ1) is 14.8. The molecule has 0 aliphatic carbocycles. The average molecular weight is 347 g/mol. The van der Waals surface area contributed by atoms with Crippen molar-refractivity contribution in [1.29, 1.82) is 0 Å². The van der Waals surface area contributed by atoms with E-state index >= 15 is 0 Å². The lowest BCUT2D eigenvalue weighted by Gasteiger charge is -2.05. The molecule has 0 fully saturated rings. The summed E-state index contributed by atoms with van der Waals surface area (Å²) in [6, 6.07) is 4.06. The number of nitrogens with two attached hydrogens (primary N) is 1. The van der Waals surface area contributed by atoms with Gasteiger partial charge in [-0.2, -0.15) is 0 Å². The highest BCUT2D eigenvalue weighted by molar-refractivity contribution is 8.00. The van der Waals surface area contributed by atoms with Gasteiger partial charge in [-0.05, 0) is 6.07 Å². The molecule has 3 N–H and O–H groups in total. The van der Waals surface area contributed by atoms with Crippen LogP contribution in [0.5, 0.6) is 0 Å². The summed E-state index contributed by atoms with van der Waals surface area (Å²) in [5.41, 5.74) is 5.67. The summed E-state index contributed by atoms with van der Waals surface area (Å²) >= 11 is 8.57. The van der Waals surface area contributed by atoms with Crippen LogP contribution >= 0.6 is 35.1 Å². The molecule has 1 aliphatic heterocycles. The summed E-state index contributed by atoms with van der Waals surface area (Å²) in [6.07, 6.45) is 0. The van der Waals surface area contributed by atoms with E-state index in [1.807, 2.05) is 0 Å². The second-order valence-electron chi connectivity index (χ2n) is 4.16. The van der Waals surface area contributed by atoms with Crippen LogP contribution in [0.15, 0.2) is 28.3 Å². The van der Waals surface area contributed by atoms with E-state index in [9.17, 15) is 8.78 Å². The van der Waals surface area contributed by atoms with Gasteiger partial charge in [0.05, 0.1) is 4.90 Å². The van der Waals surface area contributed by atoms with Crippen molar-refractivity contribution in [1.82, 2.24) is 9.97 Å². The van der Waals surface area contributed by atoms with Gasteiger partial charge >= 0.3 is 0 Å². The first-order valence-electron chi connectivity index (χ1n) is 5.86. The minimum absolute atomic E-state index is 0.206. The zero-order valence-electron chi connectivity index (χ0n) is 10.4. The second-order valence-corrected chi connectivity index (χ2v) is 6.61. The number of halogens is 3. The number of rotatable bonds is 3. The van der Waals surface area contributed by atoms with Gasteiger partial charge in [-0.3, -0.25) is 0 Å². The van der Waals surface area contributed by atoms with Gasteiger partial charge in [0.25, 0.3) is 0 Å². The van der Waals surface area contributed by atoms with Crippen LogP contribution in [0, 0.1) is 11.6 Å². The van der Waals surface area contributed by atoms with Crippen LogP contribution in [0.25, 0.3) is 0 Å². The number of hydrogen-bond acceptors (Lipinski definition) is 6. The van der Waals surface area contributed by atoms with E-state index in [-0.39, 0.29) is 16.8 Å². The average Bonchev–Trinajstić information content (AvgIpc) is 2.81. The maximum atomic E-state index is 13.6. The summed E-state index contributed by atoms with van der Waals surface area (Å²) in [6.45, 7) is 0. The van der Waals surface area contributed by atoms with Gasteiger partial charge in [-0.15, -0.1) is 0 Å². The zero-order chi connectivity index (χ0) is 15.0. The number of anilines is 1. The largest absolute Gasteiger partial charge is 0.345 e. The zero-order valence-corrected chi connectivity index (χ0v) is 12.8. The van der Waals surface area contributed by atoms with Crippen molar-refractivity contribution < 1.29 is 8.78 Å². The van der Waals surface area contributed by atoms with Gasteiger partial charge in [-0.1, -0.05) is 47.3 Å². The summed E-state index contributed by atoms with van der Waals surface area (Å²) in [5, 5.41) is 3.63. The summed E-state index contributed by atoms with van der Waals surface area (Å²) < 4.78 is 26.7. The summed E-state index contributed by atoms with van der Waals surface area (Å²) in [5.74, 6) is -0.953. The fourth-order valence-electron chi connectivity index (χ4n) is 1.76. The fourth-order valence-corrected chi connectivity index (χ4v) is 3.72. The molecule has 0 bridgehead atoms. The van der Waals surface area contributed by atoms with Crippen molar-refractivity contribution in [2.24, 2.45) is 5.73 Å². The Bertz CT molecular complexity index is 701. The predicted molar refractivity (Wildman–Crippen MR) is 80.4 cm³/mol. The Morgan fingerprint density at radius 3 is 3.00 bits per heavy atom. The van der Waals surface area contributed by atoms with Crippen LogP contribution in [-0.2, 0) is 5.75 Å². The molecule has 3 rings (SSSR count). The molecule has 21 heavy (non-hydrogen) atoms. The lowest BCUT2D eigenvalue weighted by Crippen LogP contribution is -2.21. The van der Waals surface area contributed by atoms with E-state index in [1.54, 1.807) is 0 Å². The molecule has 1 aliphatic rings. The number of hydrogen-bond donors (Lipinski definition) is 2. The minimum Gasteiger partial charge on any atom is -0.345 e. The first-order chi connectivity index (χ1) is 10.0. The van der Waals surface area contributed by atoms with E-state index in [0.717, 1.165) is 6.07 Å².